The van der Waals surface area contributed by atoms with Gasteiger partial charge >= 0.3 is 0 Å². The first-order valence-corrected chi connectivity index (χ1v) is 13.3. The van der Waals surface area contributed by atoms with Crippen molar-refractivity contribution in [1.82, 2.24) is 9.21 Å². The van der Waals surface area contributed by atoms with Crippen molar-refractivity contribution < 1.29 is 13.2 Å². The predicted molar refractivity (Wildman–Crippen MR) is 130 cm³/mol. The molecule has 0 atom stereocenters. The summed E-state index contributed by atoms with van der Waals surface area (Å²) in [7, 11) is -3.13. The molecule has 1 aromatic carbocycles. The van der Waals surface area contributed by atoms with Crippen LogP contribution in [0.4, 0.5) is 0 Å². The largest absolute Gasteiger partial charge is 0.295 e. The van der Waals surface area contributed by atoms with Crippen LogP contribution in [-0.4, -0.2) is 60.9 Å². The third-order valence-corrected chi connectivity index (χ3v) is 9.07. The van der Waals surface area contributed by atoms with E-state index >= 15 is 0 Å². The molecule has 0 spiro atoms. The molecule has 1 aromatic rings. The van der Waals surface area contributed by atoms with Crippen LogP contribution in [0.2, 0.25) is 0 Å². The molecule has 31 heavy (non-hydrogen) atoms. The van der Waals surface area contributed by atoms with Crippen molar-refractivity contribution in [3.63, 3.8) is 0 Å². The number of carbonyl (C=O) groups excluding carboxylic acids is 1. The van der Waals surface area contributed by atoms with Gasteiger partial charge in [-0.25, -0.2) is 8.42 Å². The van der Waals surface area contributed by atoms with Crippen molar-refractivity contribution in [2.75, 3.05) is 31.9 Å². The van der Waals surface area contributed by atoms with Gasteiger partial charge in [-0.1, -0.05) is 62.4 Å². The fourth-order valence-corrected chi connectivity index (χ4v) is 6.66. The maximum atomic E-state index is 12.9. The Hall–Kier alpha value is -0.950. The lowest BCUT2D eigenvalue weighted by atomic mass is 9.82. The minimum atomic E-state index is -3.13. The number of halogens is 1. The van der Waals surface area contributed by atoms with E-state index in [9.17, 15) is 13.2 Å². The zero-order chi connectivity index (χ0) is 21.6. The lowest BCUT2D eigenvalue weighted by Gasteiger charge is -2.48. The van der Waals surface area contributed by atoms with E-state index in [0.29, 0.717) is 25.9 Å². The van der Waals surface area contributed by atoms with Crippen molar-refractivity contribution in [3.8, 4) is 0 Å². The van der Waals surface area contributed by atoms with Crippen LogP contribution in [0.25, 0.3) is 0 Å². The van der Waals surface area contributed by atoms with Gasteiger partial charge in [-0.3, -0.25) is 9.69 Å². The van der Waals surface area contributed by atoms with Gasteiger partial charge < -0.3 is 0 Å². The standard InChI is InChI=1S/C24H38N2O3S.ClH/c1-3-20-30(28,29)26-18-16-25(17-19-26)24(13-6-4-5-7-14-24)15-12-23(27)22-10-8-21(2)9-11-22;/h8-11H,3-7,12-20H2,1-2H3;1H. The van der Waals surface area contributed by atoms with Gasteiger partial charge in [-0.2, -0.15) is 4.31 Å². The molecule has 1 aliphatic heterocycles. The van der Waals surface area contributed by atoms with E-state index < -0.39 is 10.0 Å². The molecule has 1 aliphatic carbocycles. The first kappa shape index (κ1) is 26.3. The molecule has 1 heterocycles. The average Bonchev–Trinajstić information content (AvgIpc) is 2.99. The highest BCUT2D eigenvalue weighted by molar-refractivity contribution is 7.89. The number of hydrogen-bond donors (Lipinski definition) is 0. The van der Waals surface area contributed by atoms with E-state index in [-0.39, 0.29) is 29.5 Å². The number of piperazine rings is 1. The van der Waals surface area contributed by atoms with Gasteiger partial charge in [0.25, 0.3) is 0 Å². The van der Waals surface area contributed by atoms with Crippen LogP contribution in [0.15, 0.2) is 24.3 Å². The number of ketones is 1. The molecule has 0 aromatic heterocycles. The Morgan fingerprint density at radius 1 is 0.968 bits per heavy atom. The number of aryl methyl sites for hydroxylation is 1. The molecule has 0 bridgehead atoms. The van der Waals surface area contributed by atoms with Crippen molar-refractivity contribution >= 4 is 28.2 Å². The number of sulfonamides is 1. The second-order valence-electron chi connectivity index (χ2n) is 9.13. The Bertz CT molecular complexity index is 795. The SMILES string of the molecule is CCCS(=O)(=O)N1CCN(C2(CCC(=O)c3ccc(C)cc3)CCCCCC2)CC1.Cl. The predicted octanol–water partition coefficient (Wildman–Crippen LogP) is 4.83. The molecule has 5 nitrogen and oxygen atoms in total. The summed E-state index contributed by atoms with van der Waals surface area (Å²) in [6, 6.07) is 7.89. The van der Waals surface area contributed by atoms with Crippen LogP contribution in [0.5, 0.6) is 0 Å². The average molecular weight is 471 g/mol. The third kappa shape index (κ3) is 6.77. The topological polar surface area (TPSA) is 57.7 Å². The molecule has 2 aliphatic rings. The molecular weight excluding hydrogens is 432 g/mol. The van der Waals surface area contributed by atoms with Crippen LogP contribution in [0.1, 0.15) is 80.6 Å². The smallest absolute Gasteiger partial charge is 0.214 e. The van der Waals surface area contributed by atoms with E-state index in [2.05, 4.69) is 4.90 Å². The lowest BCUT2D eigenvalue weighted by molar-refractivity contribution is 0.0320. The minimum absolute atomic E-state index is 0. The number of Topliss-reactive ketones (excluding diaryl/α,β-unsaturated/α-hetero) is 1. The molecule has 0 N–H and O–H groups in total. The number of carbonyl (C=O) groups is 1. The van der Waals surface area contributed by atoms with Gasteiger partial charge in [-0.15, -0.1) is 12.4 Å². The Balaban J connectivity index is 0.00000341. The van der Waals surface area contributed by atoms with Gasteiger partial charge in [0.15, 0.2) is 5.78 Å². The highest BCUT2D eigenvalue weighted by atomic mass is 35.5. The fraction of sp³-hybridized carbons (Fsp3) is 0.708. The summed E-state index contributed by atoms with van der Waals surface area (Å²) < 4.78 is 26.6. The first-order valence-electron chi connectivity index (χ1n) is 11.7. The van der Waals surface area contributed by atoms with Gasteiger partial charge in [0.1, 0.15) is 0 Å². The second kappa shape index (κ2) is 11.8. The summed E-state index contributed by atoms with van der Waals surface area (Å²) in [5.41, 5.74) is 2.01. The van der Waals surface area contributed by atoms with Crippen LogP contribution < -0.4 is 0 Å². The van der Waals surface area contributed by atoms with Gasteiger partial charge in [0.05, 0.1) is 5.75 Å². The maximum absolute atomic E-state index is 12.9. The van der Waals surface area contributed by atoms with Crippen LogP contribution >= 0.6 is 12.4 Å². The normalized spacial score (nSPS) is 20.6. The molecule has 1 saturated heterocycles. The molecule has 7 heteroatoms. The Kier molecular flexibility index (Phi) is 9.99. The summed E-state index contributed by atoms with van der Waals surface area (Å²) in [5.74, 6) is 0.464. The monoisotopic (exact) mass is 470 g/mol. The molecular formula is C24H39ClN2O3S. The Morgan fingerprint density at radius 3 is 2.10 bits per heavy atom. The summed E-state index contributed by atoms with van der Waals surface area (Å²) in [6.07, 6.45) is 9.27. The van der Waals surface area contributed by atoms with Crippen molar-refractivity contribution in [3.05, 3.63) is 35.4 Å². The van der Waals surface area contributed by atoms with Crippen molar-refractivity contribution in [2.45, 2.75) is 77.2 Å². The molecule has 3 rings (SSSR count). The second-order valence-corrected chi connectivity index (χ2v) is 11.2. The van der Waals surface area contributed by atoms with Crippen molar-refractivity contribution in [1.29, 1.82) is 0 Å². The quantitative estimate of drug-likeness (QED) is 0.403. The van der Waals surface area contributed by atoms with Gasteiger partial charge in [0.2, 0.25) is 10.0 Å². The number of nitrogens with zero attached hydrogens (tertiary/aromatic N) is 2. The van der Waals surface area contributed by atoms with Gasteiger partial charge in [0, 0.05) is 43.7 Å². The van der Waals surface area contributed by atoms with Crippen LogP contribution in [0, 0.1) is 6.92 Å². The van der Waals surface area contributed by atoms with E-state index in [1.165, 1.54) is 31.2 Å². The third-order valence-electron chi connectivity index (χ3n) is 6.99. The minimum Gasteiger partial charge on any atom is -0.295 e. The van der Waals surface area contributed by atoms with Crippen molar-refractivity contribution in [2.24, 2.45) is 0 Å². The van der Waals surface area contributed by atoms with E-state index in [4.69, 9.17) is 0 Å². The lowest BCUT2D eigenvalue weighted by Crippen LogP contribution is -2.58. The molecule has 176 valence electrons. The Morgan fingerprint density at radius 2 is 1.55 bits per heavy atom. The molecule has 0 amide bonds. The number of hydrogen-bond acceptors (Lipinski definition) is 4. The maximum Gasteiger partial charge on any atom is 0.214 e. The first-order chi connectivity index (χ1) is 14.4. The highest BCUT2D eigenvalue weighted by Gasteiger charge is 2.40. The van der Waals surface area contributed by atoms with E-state index in [1.54, 1.807) is 4.31 Å². The fourth-order valence-electron chi connectivity index (χ4n) is 5.17. The molecule has 2 fully saturated rings. The van der Waals surface area contributed by atoms with Crippen LogP contribution in [-0.2, 0) is 10.0 Å². The zero-order valence-corrected chi connectivity index (χ0v) is 20.8. The number of benzene rings is 1. The van der Waals surface area contributed by atoms with Gasteiger partial charge in [-0.05, 0) is 32.6 Å². The zero-order valence-electron chi connectivity index (χ0n) is 19.1. The highest BCUT2D eigenvalue weighted by Crippen LogP contribution is 2.37. The molecule has 1 saturated carbocycles. The Labute approximate surface area is 195 Å². The summed E-state index contributed by atoms with van der Waals surface area (Å²) >= 11 is 0. The van der Waals surface area contributed by atoms with Crippen LogP contribution in [0.3, 0.4) is 0 Å². The molecule has 0 unspecified atom stereocenters. The molecule has 0 radical (unpaired) electrons. The summed E-state index contributed by atoms with van der Waals surface area (Å²) in [5, 5.41) is 0. The van der Waals surface area contributed by atoms with E-state index in [0.717, 1.165) is 37.9 Å². The summed E-state index contributed by atoms with van der Waals surface area (Å²) in [6.45, 7) is 6.67. The summed E-state index contributed by atoms with van der Waals surface area (Å²) in [4.78, 5) is 15.4. The van der Waals surface area contributed by atoms with E-state index in [1.807, 2.05) is 38.1 Å². The number of rotatable bonds is 8.